The Kier molecular flexibility index (Phi) is 9.02. The summed E-state index contributed by atoms with van der Waals surface area (Å²) >= 11 is 0. The normalized spacial score (nSPS) is 20.1. The molecular formula is C11H19FN3O13P3. The van der Waals surface area contributed by atoms with E-state index in [0.717, 1.165) is 10.8 Å². The first kappa shape index (κ1) is 27.7. The average Bonchev–Trinajstić information content (AvgIpc) is 2.54. The maximum absolute atomic E-state index is 13.9. The van der Waals surface area contributed by atoms with E-state index in [1.54, 1.807) is 0 Å². The molecule has 0 aliphatic rings. The van der Waals surface area contributed by atoms with Crippen molar-refractivity contribution in [1.29, 1.82) is 0 Å². The number of aliphatic hydroxyl groups excluding tert-OH is 1. The van der Waals surface area contributed by atoms with Gasteiger partial charge in [0.2, 0.25) is 6.36 Å². The molecule has 0 amide bonds. The second kappa shape index (κ2) is 10.1. The van der Waals surface area contributed by atoms with Crippen molar-refractivity contribution >= 4 is 29.3 Å². The number of anilines is 1. The highest BCUT2D eigenvalue weighted by molar-refractivity contribution is 7.66. The van der Waals surface area contributed by atoms with Crippen molar-refractivity contribution in [3.63, 3.8) is 0 Å². The summed E-state index contributed by atoms with van der Waals surface area (Å²) in [6.45, 7) is 2.97. The molecule has 0 aromatic carbocycles. The van der Waals surface area contributed by atoms with Crippen molar-refractivity contribution in [3.05, 3.63) is 35.4 Å². The van der Waals surface area contributed by atoms with Crippen LogP contribution in [0.3, 0.4) is 0 Å². The summed E-state index contributed by atoms with van der Waals surface area (Å²) in [5.74, 6) is -0.137. The first-order valence-corrected chi connectivity index (χ1v) is 12.2. The Labute approximate surface area is 173 Å². The standard InChI is InChI=1S/C11H19FN3O13P3/c1-3-11(9(12)16,26-7(2)15-5-4-8(13)14-10(15)17)6-25-30(21,22)28-31(23,24)27-29(18,19)20/h3-5,7,9,16H,1,6H2,2H3,(H,21,22)(H,23,24)(H2,13,14,17)(H2,18,19,20)/t7-,9-,11?/m1/s1. The molecule has 5 atom stereocenters. The smallest absolute Gasteiger partial charge is 0.383 e. The van der Waals surface area contributed by atoms with Crippen molar-refractivity contribution in [2.45, 2.75) is 25.1 Å². The van der Waals surface area contributed by atoms with Gasteiger partial charge in [-0.15, -0.1) is 0 Å². The van der Waals surface area contributed by atoms with Gasteiger partial charge in [-0.3, -0.25) is 9.09 Å². The minimum absolute atomic E-state index is 0.137. The summed E-state index contributed by atoms with van der Waals surface area (Å²) < 4.78 is 65.0. The molecular weight excluding hydrogens is 494 g/mol. The summed E-state index contributed by atoms with van der Waals surface area (Å²) in [5.41, 5.74) is 1.75. The van der Waals surface area contributed by atoms with Gasteiger partial charge in [-0.2, -0.15) is 13.6 Å². The molecule has 178 valence electrons. The highest BCUT2D eigenvalue weighted by Gasteiger charge is 2.45. The summed E-state index contributed by atoms with van der Waals surface area (Å²) in [5, 5.41) is 9.44. The molecule has 0 bridgehead atoms. The largest absolute Gasteiger partial charge is 0.490 e. The van der Waals surface area contributed by atoms with Crippen LogP contribution in [0.2, 0.25) is 0 Å². The quantitative estimate of drug-likeness (QED) is 0.158. The van der Waals surface area contributed by atoms with Gasteiger partial charge in [0.15, 0.2) is 5.60 Å². The topological polar surface area (TPSA) is 250 Å². The summed E-state index contributed by atoms with van der Waals surface area (Å²) in [7, 11) is -17.1. The van der Waals surface area contributed by atoms with Crippen LogP contribution in [-0.4, -0.2) is 52.8 Å². The molecule has 0 aliphatic carbocycles. The minimum atomic E-state index is -5.83. The van der Waals surface area contributed by atoms with Crippen LogP contribution in [0.25, 0.3) is 0 Å². The van der Waals surface area contributed by atoms with E-state index in [1.807, 2.05) is 0 Å². The maximum atomic E-state index is 13.9. The maximum Gasteiger partial charge on any atom is 0.490 e. The molecule has 0 spiro atoms. The lowest BCUT2D eigenvalue weighted by molar-refractivity contribution is -0.199. The van der Waals surface area contributed by atoms with E-state index in [9.17, 15) is 32.9 Å². The fraction of sp³-hybridized carbons (Fsp3) is 0.455. The number of hydrogen-bond donors (Lipinski definition) is 6. The first-order valence-electron chi connectivity index (χ1n) is 7.68. The number of rotatable bonds is 12. The molecule has 1 aromatic rings. The first-order chi connectivity index (χ1) is 13.9. The molecule has 0 saturated heterocycles. The lowest BCUT2D eigenvalue weighted by Crippen LogP contribution is -2.47. The molecule has 31 heavy (non-hydrogen) atoms. The number of hydrogen-bond acceptors (Lipinski definition) is 11. The number of nitrogen functional groups attached to an aromatic ring is 1. The van der Waals surface area contributed by atoms with Crippen LogP contribution in [0.1, 0.15) is 13.2 Å². The van der Waals surface area contributed by atoms with Gasteiger partial charge in [0, 0.05) is 6.20 Å². The summed E-state index contributed by atoms with van der Waals surface area (Å²) in [6, 6.07) is 1.19. The molecule has 0 fully saturated rings. The number of nitrogens with two attached hydrogens (primary N) is 1. The molecule has 16 nitrogen and oxygen atoms in total. The van der Waals surface area contributed by atoms with E-state index in [4.69, 9.17) is 25.2 Å². The van der Waals surface area contributed by atoms with Crippen molar-refractivity contribution in [2.24, 2.45) is 0 Å². The molecule has 0 radical (unpaired) electrons. The third-order valence-corrected chi connectivity index (χ3v) is 7.03. The van der Waals surface area contributed by atoms with Crippen molar-refractivity contribution < 1.29 is 60.6 Å². The lowest BCUT2D eigenvalue weighted by Gasteiger charge is -2.34. The van der Waals surface area contributed by atoms with E-state index >= 15 is 0 Å². The summed E-state index contributed by atoms with van der Waals surface area (Å²) in [6.07, 6.45) is -2.68. The minimum Gasteiger partial charge on any atom is -0.383 e. The number of ether oxygens (including phenoxy) is 1. The molecule has 0 aliphatic heterocycles. The van der Waals surface area contributed by atoms with Crippen LogP contribution in [-0.2, 0) is 31.6 Å². The number of aromatic nitrogens is 2. The van der Waals surface area contributed by atoms with E-state index in [-0.39, 0.29) is 5.82 Å². The van der Waals surface area contributed by atoms with Gasteiger partial charge in [-0.05, 0) is 13.0 Å². The Morgan fingerprint density at radius 2 is 1.87 bits per heavy atom. The fourth-order valence-corrected chi connectivity index (χ4v) is 4.99. The number of nitrogens with zero attached hydrogens (tertiary/aromatic N) is 2. The van der Waals surface area contributed by atoms with E-state index in [2.05, 4.69) is 24.7 Å². The Bertz CT molecular complexity index is 996. The Morgan fingerprint density at radius 3 is 2.32 bits per heavy atom. The Morgan fingerprint density at radius 1 is 1.29 bits per heavy atom. The molecule has 0 saturated carbocycles. The zero-order valence-electron chi connectivity index (χ0n) is 15.5. The van der Waals surface area contributed by atoms with Gasteiger partial charge in [-0.1, -0.05) is 12.7 Å². The monoisotopic (exact) mass is 513 g/mol. The van der Waals surface area contributed by atoms with Crippen molar-refractivity contribution in [2.75, 3.05) is 12.3 Å². The van der Waals surface area contributed by atoms with E-state index in [1.165, 1.54) is 13.0 Å². The van der Waals surface area contributed by atoms with Gasteiger partial charge in [-0.25, -0.2) is 22.9 Å². The molecule has 1 rings (SSSR count). The number of aliphatic hydroxyl groups is 1. The number of alkyl halides is 1. The fourth-order valence-electron chi connectivity index (χ4n) is 1.93. The highest BCUT2D eigenvalue weighted by Crippen LogP contribution is 2.66. The highest BCUT2D eigenvalue weighted by atomic mass is 31.3. The van der Waals surface area contributed by atoms with Gasteiger partial charge in [0.25, 0.3) is 0 Å². The second-order valence-corrected chi connectivity index (χ2v) is 10.0. The number of phosphoric ester groups is 1. The third-order valence-electron chi connectivity index (χ3n) is 3.25. The number of halogens is 1. The van der Waals surface area contributed by atoms with Crippen molar-refractivity contribution in [1.82, 2.24) is 9.55 Å². The van der Waals surface area contributed by atoms with Gasteiger partial charge >= 0.3 is 29.2 Å². The van der Waals surface area contributed by atoms with Crippen LogP contribution in [0.15, 0.2) is 29.7 Å². The van der Waals surface area contributed by atoms with Crippen LogP contribution >= 0.6 is 23.5 Å². The van der Waals surface area contributed by atoms with Crippen LogP contribution < -0.4 is 11.4 Å². The molecule has 3 unspecified atom stereocenters. The molecule has 7 N–H and O–H groups in total. The van der Waals surface area contributed by atoms with Crippen LogP contribution in [0, 0.1) is 0 Å². The molecule has 1 heterocycles. The zero-order valence-corrected chi connectivity index (χ0v) is 18.2. The predicted octanol–water partition coefficient (Wildman–Crippen LogP) is -0.0834. The summed E-state index contributed by atoms with van der Waals surface area (Å²) in [4.78, 5) is 50.8. The van der Waals surface area contributed by atoms with Gasteiger partial charge < -0.3 is 35.2 Å². The van der Waals surface area contributed by atoms with Crippen molar-refractivity contribution in [3.8, 4) is 0 Å². The predicted molar refractivity (Wildman–Crippen MR) is 98.6 cm³/mol. The van der Waals surface area contributed by atoms with Gasteiger partial charge in [0.1, 0.15) is 12.0 Å². The molecule has 1 aromatic heterocycles. The zero-order chi connectivity index (χ0) is 24.3. The van der Waals surface area contributed by atoms with E-state index in [0.29, 0.717) is 6.08 Å². The van der Waals surface area contributed by atoms with Crippen LogP contribution in [0.5, 0.6) is 0 Å². The lowest BCUT2D eigenvalue weighted by atomic mass is 10.1. The number of phosphoric acid groups is 3. The Balaban J connectivity index is 3.05. The van der Waals surface area contributed by atoms with E-state index < -0.39 is 54.0 Å². The molecule has 20 heteroatoms. The van der Waals surface area contributed by atoms with Gasteiger partial charge in [0.05, 0.1) is 6.61 Å². The van der Waals surface area contributed by atoms with Crippen LogP contribution in [0.4, 0.5) is 10.2 Å². The second-order valence-electron chi connectivity index (χ2n) is 5.62. The average molecular weight is 513 g/mol. The Hall–Kier alpha value is -1.32. The SMILES string of the molecule is C=CC(COP(=O)(O)OP(=O)(O)OP(=O)(O)O)(O[C@H](C)n1ccc(N)nc1=O)[C@@H](O)F. The third kappa shape index (κ3) is 8.61.